The highest BCUT2D eigenvalue weighted by Crippen LogP contribution is 2.11. The van der Waals surface area contributed by atoms with Gasteiger partial charge in [0.05, 0.1) is 6.54 Å². The first-order valence-corrected chi connectivity index (χ1v) is 15.6. The number of rotatable bonds is 30. The van der Waals surface area contributed by atoms with E-state index < -0.39 is 5.97 Å². The van der Waals surface area contributed by atoms with Crippen LogP contribution >= 0.6 is 0 Å². The number of aliphatic carboxylic acids is 1. The molecule has 5 nitrogen and oxygen atoms in total. The molecule has 0 spiro atoms. The molecule has 0 aliphatic rings. The van der Waals surface area contributed by atoms with Gasteiger partial charge < -0.3 is 15.7 Å². The van der Waals surface area contributed by atoms with Crippen LogP contribution in [-0.4, -0.2) is 61.8 Å². The molecule has 3 N–H and O–H groups in total. The summed E-state index contributed by atoms with van der Waals surface area (Å²) in [5.74, 6) is -0.727. The van der Waals surface area contributed by atoms with Crippen LogP contribution in [0.1, 0.15) is 142 Å². The van der Waals surface area contributed by atoms with Crippen LogP contribution in [0.4, 0.5) is 0 Å². The summed E-state index contributed by atoms with van der Waals surface area (Å²) < 4.78 is 0. The van der Waals surface area contributed by atoms with Crippen molar-refractivity contribution < 1.29 is 9.90 Å². The molecular weight excluding hydrogens is 434 g/mol. The van der Waals surface area contributed by atoms with Crippen molar-refractivity contribution in [2.45, 2.75) is 142 Å². The van der Waals surface area contributed by atoms with Crippen LogP contribution in [0.3, 0.4) is 0 Å². The number of nitrogens with zero attached hydrogens (tertiary/aromatic N) is 1. The van der Waals surface area contributed by atoms with Crippen LogP contribution in [0, 0.1) is 0 Å². The van der Waals surface area contributed by atoms with E-state index in [0.29, 0.717) is 0 Å². The molecule has 0 aromatic rings. The van der Waals surface area contributed by atoms with E-state index >= 15 is 0 Å². The minimum atomic E-state index is -0.727. The van der Waals surface area contributed by atoms with Crippen LogP contribution in [-0.2, 0) is 4.79 Å². The van der Waals surface area contributed by atoms with Crippen molar-refractivity contribution in [1.29, 1.82) is 0 Å². The van der Waals surface area contributed by atoms with Crippen LogP contribution in [0.15, 0.2) is 0 Å². The Morgan fingerprint density at radius 2 is 0.829 bits per heavy atom. The third-order valence-electron chi connectivity index (χ3n) is 6.98. The molecule has 35 heavy (non-hydrogen) atoms. The van der Waals surface area contributed by atoms with E-state index in [0.717, 1.165) is 39.3 Å². The third-order valence-corrected chi connectivity index (χ3v) is 6.98. The normalized spacial score (nSPS) is 11.5. The fourth-order valence-corrected chi connectivity index (χ4v) is 4.66. The van der Waals surface area contributed by atoms with E-state index in [9.17, 15) is 9.90 Å². The zero-order valence-corrected chi connectivity index (χ0v) is 23.9. The average molecular weight is 498 g/mol. The summed E-state index contributed by atoms with van der Waals surface area (Å²) in [4.78, 5) is 13.3. The second-order valence-corrected chi connectivity index (χ2v) is 10.5. The minimum Gasteiger partial charge on any atom is -0.480 e. The Hall–Kier alpha value is -0.650. The maximum absolute atomic E-state index is 11.2. The van der Waals surface area contributed by atoms with Crippen LogP contribution in [0.5, 0.6) is 0 Å². The number of hydrogen-bond acceptors (Lipinski definition) is 4. The molecule has 210 valence electrons. The van der Waals surface area contributed by atoms with Gasteiger partial charge in [-0.3, -0.25) is 9.69 Å². The fourth-order valence-electron chi connectivity index (χ4n) is 4.66. The molecule has 0 rings (SSSR count). The number of carbonyl (C=O) groups is 1. The molecule has 0 bridgehead atoms. The molecule has 0 amide bonds. The summed E-state index contributed by atoms with van der Waals surface area (Å²) in [7, 11) is 0. The molecule has 0 unspecified atom stereocenters. The molecule has 5 heteroatoms. The van der Waals surface area contributed by atoms with Gasteiger partial charge in [-0.15, -0.1) is 0 Å². The number of unbranched alkanes of at least 4 members (excludes halogenated alkanes) is 18. The van der Waals surface area contributed by atoms with Crippen molar-refractivity contribution in [3.63, 3.8) is 0 Å². The van der Waals surface area contributed by atoms with Crippen molar-refractivity contribution in [3.05, 3.63) is 0 Å². The van der Waals surface area contributed by atoms with Gasteiger partial charge in [0.2, 0.25) is 0 Å². The molecule has 0 fully saturated rings. The maximum atomic E-state index is 11.2. The Bertz CT molecular complexity index is 390. The van der Waals surface area contributed by atoms with Gasteiger partial charge in [-0.2, -0.15) is 0 Å². The molecule has 0 aromatic carbocycles. The molecule has 0 saturated heterocycles. The second-order valence-electron chi connectivity index (χ2n) is 10.5. The minimum absolute atomic E-state index is 0.139. The summed E-state index contributed by atoms with van der Waals surface area (Å²) in [5, 5.41) is 16.2. The fraction of sp³-hybridized carbons (Fsp3) is 0.967. The van der Waals surface area contributed by atoms with Crippen LogP contribution in [0.2, 0.25) is 0 Å². The lowest BCUT2D eigenvalue weighted by molar-refractivity contribution is -0.138. The SMILES string of the molecule is CCCCCCCCCCCCNCCN(CCNCCCCCCCCCCCC)CC(=O)O. The van der Waals surface area contributed by atoms with Crippen LogP contribution < -0.4 is 10.6 Å². The molecule has 0 radical (unpaired) electrons. The zero-order chi connectivity index (χ0) is 25.7. The topological polar surface area (TPSA) is 64.6 Å². The van der Waals surface area contributed by atoms with Gasteiger partial charge in [-0.1, -0.05) is 129 Å². The quantitative estimate of drug-likeness (QED) is 0.0903. The van der Waals surface area contributed by atoms with Crippen molar-refractivity contribution in [2.24, 2.45) is 0 Å². The maximum Gasteiger partial charge on any atom is 0.317 e. The molecule has 0 aliphatic carbocycles. The number of nitrogens with one attached hydrogen (secondary N) is 2. The van der Waals surface area contributed by atoms with E-state index in [-0.39, 0.29) is 6.54 Å². The Labute approximate surface area is 219 Å². The van der Waals surface area contributed by atoms with Gasteiger partial charge >= 0.3 is 5.97 Å². The third kappa shape index (κ3) is 29.5. The molecule has 0 saturated carbocycles. The molecule has 0 heterocycles. The Morgan fingerprint density at radius 3 is 1.14 bits per heavy atom. The lowest BCUT2D eigenvalue weighted by atomic mass is 10.1. The largest absolute Gasteiger partial charge is 0.480 e. The molecule has 0 atom stereocenters. The summed E-state index contributed by atoms with van der Waals surface area (Å²) in [6.45, 7) is 10.2. The standard InChI is InChI=1S/C30H63N3O2/c1-3-5-7-9-11-13-15-17-19-21-23-31-25-27-33(29-30(34)35)28-26-32-24-22-20-18-16-14-12-10-8-6-4-2/h31-32H,3-29H2,1-2H3,(H,34,35). The van der Waals surface area contributed by atoms with Crippen molar-refractivity contribution >= 4 is 5.97 Å². The van der Waals surface area contributed by atoms with Gasteiger partial charge in [0.1, 0.15) is 0 Å². The lowest BCUT2D eigenvalue weighted by Crippen LogP contribution is -2.40. The average Bonchev–Trinajstić information content (AvgIpc) is 2.84. The molecular formula is C30H63N3O2. The van der Waals surface area contributed by atoms with Crippen molar-refractivity contribution in [1.82, 2.24) is 15.5 Å². The van der Waals surface area contributed by atoms with Gasteiger partial charge in [-0.25, -0.2) is 0 Å². The highest BCUT2D eigenvalue weighted by atomic mass is 16.4. The van der Waals surface area contributed by atoms with Gasteiger partial charge in [0, 0.05) is 26.2 Å². The summed E-state index contributed by atoms with van der Waals surface area (Å²) in [6, 6.07) is 0. The summed E-state index contributed by atoms with van der Waals surface area (Å²) in [5.41, 5.74) is 0. The predicted octanol–water partition coefficient (Wildman–Crippen LogP) is 7.39. The molecule has 0 aliphatic heterocycles. The van der Waals surface area contributed by atoms with E-state index in [4.69, 9.17) is 0 Å². The predicted molar refractivity (Wildman–Crippen MR) is 154 cm³/mol. The highest BCUT2D eigenvalue weighted by Gasteiger charge is 2.08. The van der Waals surface area contributed by atoms with Crippen molar-refractivity contribution in [3.8, 4) is 0 Å². The first-order valence-electron chi connectivity index (χ1n) is 15.6. The smallest absolute Gasteiger partial charge is 0.317 e. The zero-order valence-electron chi connectivity index (χ0n) is 23.9. The summed E-state index contributed by atoms with van der Waals surface area (Å²) >= 11 is 0. The van der Waals surface area contributed by atoms with Crippen molar-refractivity contribution in [2.75, 3.05) is 45.8 Å². The second kappa shape index (κ2) is 29.6. The number of carboxylic acid groups (broad SMARTS) is 1. The lowest BCUT2D eigenvalue weighted by Gasteiger charge is -2.20. The first kappa shape index (κ1) is 34.4. The van der Waals surface area contributed by atoms with Gasteiger partial charge in [0.15, 0.2) is 0 Å². The van der Waals surface area contributed by atoms with E-state index in [2.05, 4.69) is 29.4 Å². The van der Waals surface area contributed by atoms with E-state index in [1.807, 2.05) is 0 Å². The Morgan fingerprint density at radius 1 is 0.514 bits per heavy atom. The number of carboxylic acids is 1. The monoisotopic (exact) mass is 497 g/mol. The van der Waals surface area contributed by atoms with E-state index in [1.165, 1.54) is 128 Å². The van der Waals surface area contributed by atoms with Gasteiger partial charge in [0.25, 0.3) is 0 Å². The number of hydrogen-bond donors (Lipinski definition) is 3. The Balaban J connectivity index is 3.50. The summed E-state index contributed by atoms with van der Waals surface area (Å²) in [6.07, 6.45) is 27.3. The van der Waals surface area contributed by atoms with E-state index in [1.54, 1.807) is 0 Å². The highest BCUT2D eigenvalue weighted by molar-refractivity contribution is 5.69. The Kier molecular flexibility index (Phi) is 29.0. The molecule has 0 aromatic heterocycles. The van der Waals surface area contributed by atoms with Gasteiger partial charge in [-0.05, 0) is 25.9 Å². The first-order chi connectivity index (χ1) is 17.2. The van der Waals surface area contributed by atoms with Crippen LogP contribution in [0.25, 0.3) is 0 Å².